The average molecular weight is 421 g/mol. The molecule has 4 nitrogen and oxygen atoms in total. The van der Waals surface area contributed by atoms with Gasteiger partial charge in [-0.1, -0.05) is 55.0 Å². The molecule has 0 spiro atoms. The van der Waals surface area contributed by atoms with Crippen LogP contribution in [0.2, 0.25) is 0 Å². The first-order valence-electron chi connectivity index (χ1n) is 9.81. The minimum absolute atomic E-state index is 0.166. The van der Waals surface area contributed by atoms with E-state index in [9.17, 15) is 22.8 Å². The number of unbranched alkanes of at least 4 members (excludes halogenated alkanes) is 1. The van der Waals surface area contributed by atoms with Crippen LogP contribution in [0.25, 0.3) is 0 Å². The normalized spacial score (nSPS) is 12.3. The Bertz CT molecular complexity index is 851. The molecule has 2 rings (SSSR count). The van der Waals surface area contributed by atoms with E-state index in [1.807, 2.05) is 50.2 Å². The van der Waals surface area contributed by atoms with E-state index >= 15 is 0 Å². The van der Waals surface area contributed by atoms with Crippen LogP contribution in [0.15, 0.2) is 48.5 Å². The third-order valence-corrected chi connectivity index (χ3v) is 4.86. The number of rotatable bonds is 9. The third-order valence-electron chi connectivity index (χ3n) is 4.86. The monoisotopic (exact) mass is 421 g/mol. The van der Waals surface area contributed by atoms with Gasteiger partial charge in [0.2, 0.25) is 0 Å². The first-order chi connectivity index (χ1) is 14.2. The van der Waals surface area contributed by atoms with Gasteiger partial charge in [0.05, 0.1) is 6.04 Å². The molecule has 0 aliphatic heterocycles. The Hall–Kier alpha value is -2.83. The van der Waals surface area contributed by atoms with Crippen molar-refractivity contribution in [2.75, 3.05) is 0 Å². The number of amides is 1. The molecule has 0 saturated heterocycles. The maximum Gasteiger partial charge on any atom is 0.471 e. The highest BCUT2D eigenvalue weighted by Crippen LogP contribution is 2.25. The van der Waals surface area contributed by atoms with Crippen molar-refractivity contribution < 1.29 is 27.5 Å². The van der Waals surface area contributed by atoms with Crippen molar-refractivity contribution in [3.63, 3.8) is 0 Å². The van der Waals surface area contributed by atoms with E-state index in [1.165, 1.54) is 0 Å². The Kier molecular flexibility index (Phi) is 8.45. The van der Waals surface area contributed by atoms with E-state index in [1.54, 1.807) is 12.1 Å². The van der Waals surface area contributed by atoms with Crippen LogP contribution in [0.3, 0.4) is 0 Å². The Balaban J connectivity index is 1.88. The second-order valence-corrected chi connectivity index (χ2v) is 7.26. The molecule has 1 amide bonds. The Morgan fingerprint density at radius 1 is 1.00 bits per heavy atom. The van der Waals surface area contributed by atoms with E-state index in [4.69, 9.17) is 4.74 Å². The van der Waals surface area contributed by atoms with Crippen molar-refractivity contribution in [1.82, 2.24) is 5.32 Å². The van der Waals surface area contributed by atoms with Gasteiger partial charge >= 0.3 is 18.1 Å². The molecule has 0 saturated carbocycles. The highest BCUT2D eigenvalue weighted by Gasteiger charge is 2.39. The van der Waals surface area contributed by atoms with Crippen LogP contribution in [0.5, 0.6) is 0 Å². The van der Waals surface area contributed by atoms with Gasteiger partial charge in [-0.2, -0.15) is 13.2 Å². The van der Waals surface area contributed by atoms with Crippen LogP contribution in [0.1, 0.15) is 54.0 Å². The van der Waals surface area contributed by atoms with Gasteiger partial charge in [0.25, 0.3) is 0 Å². The Morgan fingerprint density at radius 3 is 2.33 bits per heavy atom. The van der Waals surface area contributed by atoms with Gasteiger partial charge in [-0.3, -0.25) is 9.59 Å². The van der Waals surface area contributed by atoms with E-state index in [0.29, 0.717) is 18.4 Å². The summed E-state index contributed by atoms with van der Waals surface area (Å²) in [4.78, 5) is 23.3. The van der Waals surface area contributed by atoms with E-state index in [2.05, 4.69) is 5.32 Å². The molecule has 0 radical (unpaired) electrons. The molecule has 2 aromatic rings. The zero-order valence-corrected chi connectivity index (χ0v) is 17.1. The van der Waals surface area contributed by atoms with Crippen LogP contribution in [0.4, 0.5) is 13.2 Å². The van der Waals surface area contributed by atoms with Gasteiger partial charge in [-0.05, 0) is 48.9 Å². The van der Waals surface area contributed by atoms with Crippen molar-refractivity contribution in [2.24, 2.45) is 0 Å². The van der Waals surface area contributed by atoms with Crippen LogP contribution in [0, 0.1) is 13.8 Å². The van der Waals surface area contributed by atoms with Gasteiger partial charge in [0.15, 0.2) is 0 Å². The highest BCUT2D eigenvalue weighted by atomic mass is 19.4. The molecular formula is C23H26F3NO3. The third kappa shape index (κ3) is 7.54. The number of hydrogen-bond donors (Lipinski definition) is 1. The summed E-state index contributed by atoms with van der Waals surface area (Å²) in [5, 5.41) is 2.07. The van der Waals surface area contributed by atoms with Crippen molar-refractivity contribution in [3.05, 3.63) is 70.8 Å². The lowest BCUT2D eigenvalue weighted by molar-refractivity contribution is -0.174. The van der Waals surface area contributed by atoms with E-state index in [-0.39, 0.29) is 25.4 Å². The molecule has 0 aliphatic rings. The van der Waals surface area contributed by atoms with Gasteiger partial charge in [0, 0.05) is 6.42 Å². The second-order valence-electron chi connectivity index (χ2n) is 7.26. The smallest absolute Gasteiger partial charge is 0.461 e. The molecular weight excluding hydrogens is 395 g/mol. The van der Waals surface area contributed by atoms with Crippen LogP contribution in [-0.2, 0) is 20.9 Å². The first-order valence-corrected chi connectivity index (χ1v) is 9.81. The summed E-state index contributed by atoms with van der Waals surface area (Å²) in [6.07, 6.45) is -3.57. The maximum absolute atomic E-state index is 12.7. The molecule has 0 aromatic heterocycles. The summed E-state index contributed by atoms with van der Waals surface area (Å²) in [7, 11) is 0. The molecule has 1 atom stereocenters. The minimum atomic E-state index is -4.95. The number of halogens is 3. The van der Waals surface area contributed by atoms with Crippen molar-refractivity contribution in [2.45, 2.75) is 58.4 Å². The van der Waals surface area contributed by atoms with Crippen LogP contribution >= 0.6 is 0 Å². The SMILES string of the molecule is Cc1ccc([C@@H](CCCCC(=O)OCc2ccccc2)NC(=O)C(F)(F)F)cc1C. The molecule has 1 N–H and O–H groups in total. The number of aryl methyl sites for hydroxylation is 2. The molecule has 30 heavy (non-hydrogen) atoms. The fraction of sp³-hybridized carbons (Fsp3) is 0.391. The predicted octanol–water partition coefficient (Wildman–Crippen LogP) is 5.33. The topological polar surface area (TPSA) is 55.4 Å². The van der Waals surface area contributed by atoms with Crippen LogP contribution in [-0.4, -0.2) is 18.1 Å². The van der Waals surface area contributed by atoms with Gasteiger partial charge in [-0.15, -0.1) is 0 Å². The summed E-state index contributed by atoms with van der Waals surface area (Å²) in [6.45, 7) is 3.96. The molecule has 7 heteroatoms. The molecule has 2 aromatic carbocycles. The summed E-state index contributed by atoms with van der Waals surface area (Å²) >= 11 is 0. The molecule has 0 fully saturated rings. The fourth-order valence-electron chi connectivity index (χ4n) is 2.97. The molecule has 0 bridgehead atoms. The number of benzene rings is 2. The summed E-state index contributed by atoms with van der Waals surface area (Å²) in [6, 6.07) is 13.8. The Labute approximate surface area is 174 Å². The van der Waals surface area contributed by atoms with Gasteiger partial charge < -0.3 is 10.1 Å². The lowest BCUT2D eigenvalue weighted by Gasteiger charge is -2.21. The number of alkyl halides is 3. The van der Waals surface area contributed by atoms with Crippen molar-refractivity contribution in [1.29, 1.82) is 0 Å². The Morgan fingerprint density at radius 2 is 1.70 bits per heavy atom. The number of hydrogen-bond acceptors (Lipinski definition) is 3. The fourth-order valence-corrected chi connectivity index (χ4v) is 2.97. The van der Waals surface area contributed by atoms with Crippen molar-refractivity contribution >= 4 is 11.9 Å². The molecule has 162 valence electrons. The lowest BCUT2D eigenvalue weighted by atomic mass is 9.97. The quantitative estimate of drug-likeness (QED) is 0.440. The van der Waals surface area contributed by atoms with E-state index < -0.39 is 18.1 Å². The highest BCUT2D eigenvalue weighted by molar-refractivity contribution is 5.82. The van der Waals surface area contributed by atoms with Crippen LogP contribution < -0.4 is 5.32 Å². The van der Waals surface area contributed by atoms with Crippen molar-refractivity contribution in [3.8, 4) is 0 Å². The standard InChI is InChI=1S/C23H26F3NO3/c1-16-12-13-19(14-17(16)2)20(27-22(29)23(24,25)26)10-6-7-11-21(28)30-15-18-8-4-3-5-9-18/h3-5,8-9,12-14,20H,6-7,10-11,15H2,1-2H3,(H,27,29)/t20-/m1/s1. The lowest BCUT2D eigenvalue weighted by Crippen LogP contribution is -2.39. The number of carbonyl (C=O) groups excluding carboxylic acids is 2. The molecule has 0 unspecified atom stereocenters. The number of nitrogens with one attached hydrogen (secondary N) is 1. The first kappa shape index (κ1) is 23.4. The minimum Gasteiger partial charge on any atom is -0.461 e. The predicted molar refractivity (Wildman–Crippen MR) is 108 cm³/mol. The number of ether oxygens (including phenoxy) is 1. The van der Waals surface area contributed by atoms with Gasteiger partial charge in [0.1, 0.15) is 6.61 Å². The van der Waals surface area contributed by atoms with Gasteiger partial charge in [-0.25, -0.2) is 0 Å². The summed E-state index contributed by atoms with van der Waals surface area (Å²) in [5.74, 6) is -2.33. The number of carbonyl (C=O) groups is 2. The average Bonchev–Trinajstić information content (AvgIpc) is 2.70. The number of esters is 1. The zero-order chi connectivity index (χ0) is 22.1. The summed E-state index contributed by atoms with van der Waals surface area (Å²) < 4.78 is 43.3. The zero-order valence-electron chi connectivity index (χ0n) is 17.1. The summed E-state index contributed by atoms with van der Waals surface area (Å²) in [5.41, 5.74) is 3.45. The maximum atomic E-state index is 12.7. The molecule has 0 heterocycles. The molecule has 0 aliphatic carbocycles. The largest absolute Gasteiger partial charge is 0.471 e. The van der Waals surface area contributed by atoms with E-state index in [0.717, 1.165) is 16.7 Å². The second kappa shape index (κ2) is 10.8.